The van der Waals surface area contributed by atoms with Crippen LogP contribution in [-0.2, 0) is 11.2 Å². The number of aliphatic carboxylic acids is 1. The van der Waals surface area contributed by atoms with Gasteiger partial charge in [0, 0.05) is 17.5 Å². The molecule has 0 bridgehead atoms. The van der Waals surface area contributed by atoms with Crippen LogP contribution >= 0.6 is 0 Å². The normalized spacial score (nSPS) is 11.8. The number of carboxylic acids is 1. The first-order valence-corrected chi connectivity index (χ1v) is 11.5. The van der Waals surface area contributed by atoms with Crippen LogP contribution in [0.15, 0.2) is 72.8 Å². The Morgan fingerprint density at radius 1 is 0.943 bits per heavy atom. The Hall–Kier alpha value is -4.13. The Labute approximate surface area is 202 Å². The summed E-state index contributed by atoms with van der Waals surface area (Å²) < 4.78 is 13.5. The number of unbranched alkanes of at least 4 members (excludes halogenated alkanes) is 1. The van der Waals surface area contributed by atoms with Crippen LogP contribution in [0.1, 0.15) is 53.8 Å². The first-order chi connectivity index (χ1) is 16.9. The molecule has 2 N–H and O–H groups in total. The average molecular weight is 472 g/mol. The molecule has 35 heavy (non-hydrogen) atoms. The van der Waals surface area contributed by atoms with Crippen molar-refractivity contribution in [3.8, 4) is 11.3 Å². The second kappa shape index (κ2) is 10.9. The third-order valence-corrected chi connectivity index (χ3v) is 5.82. The van der Waals surface area contributed by atoms with Crippen LogP contribution in [0.4, 0.5) is 4.39 Å². The first kappa shape index (κ1) is 24.0. The maximum Gasteiger partial charge on any atom is 0.303 e. The third-order valence-electron chi connectivity index (χ3n) is 5.82. The van der Waals surface area contributed by atoms with Crippen molar-refractivity contribution in [2.45, 2.75) is 38.6 Å². The summed E-state index contributed by atoms with van der Waals surface area (Å²) in [6, 6.07) is 20.8. The zero-order valence-corrected chi connectivity index (χ0v) is 19.4. The van der Waals surface area contributed by atoms with Gasteiger partial charge in [-0.3, -0.25) is 9.59 Å². The minimum atomic E-state index is -0.839. The summed E-state index contributed by atoms with van der Waals surface area (Å²) in [6.07, 6.45) is 1.73. The van der Waals surface area contributed by atoms with E-state index in [2.05, 4.69) is 5.32 Å². The molecule has 1 aromatic heterocycles. The van der Waals surface area contributed by atoms with E-state index in [1.807, 2.05) is 37.3 Å². The highest BCUT2D eigenvalue weighted by molar-refractivity contribution is 5.97. The lowest BCUT2D eigenvalue weighted by Crippen LogP contribution is -2.26. The van der Waals surface area contributed by atoms with Gasteiger partial charge in [-0.2, -0.15) is 0 Å². The van der Waals surface area contributed by atoms with Crippen molar-refractivity contribution in [2.75, 3.05) is 0 Å². The topological polar surface area (TPSA) is 92.2 Å². The molecule has 4 aromatic rings. The standard InChI is InChI=1S/C28H26FN3O3/c1-18(19-7-3-2-4-8-19)30-28(35)21-13-16-23-25(17-21)31-24(9-5-6-10-26(33)34)27(32-23)20-11-14-22(29)15-12-20/h2-4,7-8,11-18H,5-6,9-10H2,1H3,(H,30,35)(H,33,34). The van der Waals surface area contributed by atoms with Crippen molar-refractivity contribution < 1.29 is 19.1 Å². The summed E-state index contributed by atoms with van der Waals surface area (Å²) in [5.41, 5.74) is 4.71. The van der Waals surface area contributed by atoms with Crippen molar-refractivity contribution in [1.82, 2.24) is 15.3 Å². The van der Waals surface area contributed by atoms with Gasteiger partial charge in [0.1, 0.15) is 5.82 Å². The summed E-state index contributed by atoms with van der Waals surface area (Å²) in [7, 11) is 0. The summed E-state index contributed by atoms with van der Waals surface area (Å²) >= 11 is 0. The molecule has 1 atom stereocenters. The lowest BCUT2D eigenvalue weighted by Gasteiger charge is -2.15. The summed E-state index contributed by atoms with van der Waals surface area (Å²) in [5.74, 6) is -1.39. The fraction of sp³-hybridized carbons (Fsp3) is 0.214. The van der Waals surface area contributed by atoms with E-state index in [-0.39, 0.29) is 24.2 Å². The van der Waals surface area contributed by atoms with E-state index < -0.39 is 5.97 Å². The third kappa shape index (κ3) is 6.06. The van der Waals surface area contributed by atoms with Crippen molar-refractivity contribution in [2.24, 2.45) is 0 Å². The Kier molecular flexibility index (Phi) is 7.45. The van der Waals surface area contributed by atoms with Crippen LogP contribution in [0.25, 0.3) is 22.3 Å². The highest BCUT2D eigenvalue weighted by atomic mass is 19.1. The number of benzene rings is 3. The predicted octanol–water partition coefficient (Wildman–Crippen LogP) is 5.72. The number of carbonyl (C=O) groups excluding carboxylic acids is 1. The fourth-order valence-corrected chi connectivity index (χ4v) is 3.92. The van der Waals surface area contributed by atoms with Crippen LogP contribution in [0, 0.1) is 5.82 Å². The molecular formula is C28H26FN3O3. The zero-order chi connectivity index (χ0) is 24.8. The highest BCUT2D eigenvalue weighted by Gasteiger charge is 2.15. The molecular weight excluding hydrogens is 445 g/mol. The summed E-state index contributed by atoms with van der Waals surface area (Å²) in [5, 5.41) is 11.9. The van der Waals surface area contributed by atoms with Crippen molar-refractivity contribution in [3.05, 3.63) is 95.4 Å². The molecule has 1 unspecified atom stereocenters. The average Bonchev–Trinajstić information content (AvgIpc) is 2.86. The summed E-state index contributed by atoms with van der Waals surface area (Å²) in [6.45, 7) is 1.93. The molecule has 0 fully saturated rings. The molecule has 6 nitrogen and oxygen atoms in total. The lowest BCUT2D eigenvalue weighted by molar-refractivity contribution is -0.137. The van der Waals surface area contributed by atoms with Gasteiger partial charge >= 0.3 is 5.97 Å². The zero-order valence-electron chi connectivity index (χ0n) is 19.4. The maximum atomic E-state index is 13.5. The maximum absolute atomic E-state index is 13.5. The van der Waals surface area contributed by atoms with E-state index in [9.17, 15) is 14.0 Å². The smallest absolute Gasteiger partial charge is 0.303 e. The Balaban J connectivity index is 1.63. The Morgan fingerprint density at radius 3 is 2.40 bits per heavy atom. The van der Waals surface area contributed by atoms with Gasteiger partial charge in [-0.25, -0.2) is 14.4 Å². The van der Waals surface area contributed by atoms with Gasteiger partial charge in [-0.15, -0.1) is 0 Å². The number of fused-ring (bicyclic) bond motifs is 1. The van der Waals surface area contributed by atoms with Gasteiger partial charge in [-0.05, 0) is 74.2 Å². The monoisotopic (exact) mass is 471 g/mol. The number of carboxylic acid groups (broad SMARTS) is 1. The van der Waals surface area contributed by atoms with Gasteiger partial charge in [0.15, 0.2) is 0 Å². The predicted molar refractivity (Wildman–Crippen MR) is 132 cm³/mol. The molecule has 7 heteroatoms. The second-order valence-electron chi connectivity index (χ2n) is 8.44. The van der Waals surface area contributed by atoms with Gasteiger partial charge in [0.05, 0.1) is 28.5 Å². The number of aromatic nitrogens is 2. The molecule has 0 aliphatic heterocycles. The number of aryl methyl sites for hydroxylation is 1. The molecule has 178 valence electrons. The Morgan fingerprint density at radius 2 is 1.69 bits per heavy atom. The highest BCUT2D eigenvalue weighted by Crippen LogP contribution is 2.26. The number of halogens is 1. The first-order valence-electron chi connectivity index (χ1n) is 11.5. The quantitative estimate of drug-likeness (QED) is 0.305. The van der Waals surface area contributed by atoms with Crippen LogP contribution in [0.5, 0.6) is 0 Å². The van der Waals surface area contributed by atoms with E-state index in [0.29, 0.717) is 47.2 Å². The van der Waals surface area contributed by atoms with Gasteiger partial charge in [0.2, 0.25) is 0 Å². The van der Waals surface area contributed by atoms with E-state index in [4.69, 9.17) is 15.1 Å². The summed E-state index contributed by atoms with van der Waals surface area (Å²) in [4.78, 5) is 33.3. The van der Waals surface area contributed by atoms with Crippen molar-refractivity contribution in [1.29, 1.82) is 0 Å². The Bertz CT molecular complexity index is 1340. The number of carbonyl (C=O) groups is 2. The number of hydrogen-bond acceptors (Lipinski definition) is 4. The number of nitrogens with zero attached hydrogens (tertiary/aromatic N) is 2. The van der Waals surface area contributed by atoms with Crippen LogP contribution in [0.2, 0.25) is 0 Å². The van der Waals surface area contributed by atoms with E-state index >= 15 is 0 Å². The number of rotatable bonds is 9. The minimum absolute atomic E-state index is 0.0802. The van der Waals surface area contributed by atoms with Gasteiger partial charge in [-0.1, -0.05) is 30.3 Å². The molecule has 3 aromatic carbocycles. The SMILES string of the molecule is CC(NC(=O)c1ccc2nc(-c3ccc(F)cc3)c(CCCCC(=O)O)nc2c1)c1ccccc1. The van der Waals surface area contributed by atoms with Crippen LogP contribution in [-0.4, -0.2) is 27.0 Å². The number of hydrogen-bond donors (Lipinski definition) is 2. The van der Waals surface area contributed by atoms with Gasteiger partial charge in [0.25, 0.3) is 5.91 Å². The molecule has 0 radical (unpaired) electrons. The molecule has 1 heterocycles. The molecule has 0 saturated carbocycles. The van der Waals surface area contributed by atoms with Crippen LogP contribution in [0.3, 0.4) is 0 Å². The van der Waals surface area contributed by atoms with E-state index in [1.54, 1.807) is 30.3 Å². The minimum Gasteiger partial charge on any atom is -0.481 e. The van der Waals surface area contributed by atoms with Crippen LogP contribution < -0.4 is 5.32 Å². The largest absolute Gasteiger partial charge is 0.481 e. The molecule has 0 spiro atoms. The molecule has 0 aliphatic rings. The molecule has 4 rings (SSSR count). The van der Waals surface area contributed by atoms with E-state index in [0.717, 1.165) is 11.1 Å². The van der Waals surface area contributed by atoms with Crippen molar-refractivity contribution in [3.63, 3.8) is 0 Å². The van der Waals surface area contributed by atoms with Crippen molar-refractivity contribution >= 4 is 22.9 Å². The lowest BCUT2D eigenvalue weighted by atomic mass is 10.0. The number of amides is 1. The number of nitrogens with one attached hydrogen (secondary N) is 1. The van der Waals surface area contributed by atoms with Gasteiger partial charge < -0.3 is 10.4 Å². The van der Waals surface area contributed by atoms with E-state index in [1.165, 1.54) is 12.1 Å². The second-order valence-corrected chi connectivity index (χ2v) is 8.44. The molecule has 0 saturated heterocycles. The fourth-order valence-electron chi connectivity index (χ4n) is 3.92. The molecule has 0 aliphatic carbocycles. The molecule has 1 amide bonds.